The number of thioether (sulfide) groups is 1. The van der Waals surface area contributed by atoms with Gasteiger partial charge in [-0.1, -0.05) is 11.8 Å². The summed E-state index contributed by atoms with van der Waals surface area (Å²) in [6, 6.07) is 1.51. The van der Waals surface area contributed by atoms with Crippen LogP contribution in [0, 0.1) is 6.92 Å². The van der Waals surface area contributed by atoms with E-state index in [-0.39, 0.29) is 10.4 Å². The zero-order valence-corrected chi connectivity index (χ0v) is 13.4. The number of nitrogens with one attached hydrogen (secondary N) is 1. The van der Waals surface area contributed by atoms with Gasteiger partial charge < -0.3 is 14.7 Å². The maximum absolute atomic E-state index is 11.8. The van der Waals surface area contributed by atoms with Crippen molar-refractivity contribution in [2.75, 3.05) is 0 Å². The van der Waals surface area contributed by atoms with E-state index >= 15 is 0 Å². The standard InChI is InChI=1S/C13H12N4O3S2/c1-6-9-7(4-21-13-16-14-5-17(13)2)3-8(18)15-11(9)22-10(6)12(19)20/h3,5H,4H2,1-2H3,(H,15,18)(H,19,20). The second-order valence-electron chi connectivity index (χ2n) is 4.74. The molecule has 0 spiro atoms. The van der Waals surface area contributed by atoms with Gasteiger partial charge in [-0.05, 0) is 18.1 Å². The molecular formula is C13H12N4O3S2. The van der Waals surface area contributed by atoms with Gasteiger partial charge in [-0.25, -0.2) is 4.79 Å². The summed E-state index contributed by atoms with van der Waals surface area (Å²) in [5.74, 6) is -0.463. The van der Waals surface area contributed by atoms with Gasteiger partial charge in [0, 0.05) is 24.3 Å². The topological polar surface area (TPSA) is 101 Å². The lowest BCUT2D eigenvalue weighted by atomic mass is 10.1. The van der Waals surface area contributed by atoms with Gasteiger partial charge in [0.1, 0.15) is 16.0 Å². The number of pyridine rings is 1. The van der Waals surface area contributed by atoms with Gasteiger partial charge in [-0.2, -0.15) is 0 Å². The van der Waals surface area contributed by atoms with E-state index in [2.05, 4.69) is 15.2 Å². The summed E-state index contributed by atoms with van der Waals surface area (Å²) in [6.07, 6.45) is 1.61. The molecule has 3 rings (SSSR count). The average Bonchev–Trinajstić information content (AvgIpc) is 3.00. The predicted molar refractivity (Wildman–Crippen MR) is 84.7 cm³/mol. The minimum atomic E-state index is -0.980. The van der Waals surface area contributed by atoms with Gasteiger partial charge in [-0.3, -0.25) is 4.79 Å². The van der Waals surface area contributed by atoms with Gasteiger partial charge in [0.15, 0.2) is 5.16 Å². The van der Waals surface area contributed by atoms with Crippen LogP contribution in [0.3, 0.4) is 0 Å². The molecule has 0 atom stereocenters. The molecule has 0 bridgehead atoms. The monoisotopic (exact) mass is 336 g/mol. The minimum absolute atomic E-state index is 0.237. The number of aryl methyl sites for hydroxylation is 2. The molecular weight excluding hydrogens is 324 g/mol. The molecule has 3 aromatic rings. The van der Waals surface area contributed by atoms with Crippen LogP contribution in [-0.2, 0) is 12.8 Å². The lowest BCUT2D eigenvalue weighted by molar-refractivity contribution is 0.0701. The highest BCUT2D eigenvalue weighted by atomic mass is 32.2. The number of H-pyrrole nitrogens is 1. The molecule has 22 heavy (non-hydrogen) atoms. The molecule has 0 radical (unpaired) electrons. The van der Waals surface area contributed by atoms with E-state index in [1.165, 1.54) is 17.8 Å². The third-order valence-corrected chi connectivity index (χ3v) is 5.51. The highest BCUT2D eigenvalue weighted by Gasteiger charge is 2.18. The van der Waals surface area contributed by atoms with Crippen LogP contribution >= 0.6 is 23.1 Å². The van der Waals surface area contributed by atoms with Crippen molar-refractivity contribution in [1.82, 2.24) is 19.7 Å². The zero-order valence-electron chi connectivity index (χ0n) is 11.8. The van der Waals surface area contributed by atoms with Gasteiger partial charge in [0.2, 0.25) is 5.56 Å². The first kappa shape index (κ1) is 14.8. The Balaban J connectivity index is 2.06. The lowest BCUT2D eigenvalue weighted by Gasteiger charge is -2.04. The molecule has 114 valence electrons. The maximum atomic E-state index is 11.8. The fourth-order valence-electron chi connectivity index (χ4n) is 2.23. The second-order valence-corrected chi connectivity index (χ2v) is 6.70. The van der Waals surface area contributed by atoms with Crippen molar-refractivity contribution in [2.45, 2.75) is 17.8 Å². The van der Waals surface area contributed by atoms with E-state index in [0.29, 0.717) is 16.1 Å². The van der Waals surface area contributed by atoms with Crippen LogP contribution < -0.4 is 5.56 Å². The lowest BCUT2D eigenvalue weighted by Crippen LogP contribution is -2.05. The van der Waals surface area contributed by atoms with Gasteiger partial charge >= 0.3 is 5.97 Å². The van der Waals surface area contributed by atoms with E-state index in [9.17, 15) is 14.7 Å². The summed E-state index contributed by atoms with van der Waals surface area (Å²) in [6.45, 7) is 1.76. The molecule has 0 amide bonds. The number of thiophene rings is 1. The van der Waals surface area contributed by atoms with Crippen molar-refractivity contribution in [1.29, 1.82) is 0 Å². The molecule has 0 fully saturated rings. The number of fused-ring (bicyclic) bond motifs is 1. The number of aromatic amines is 1. The summed E-state index contributed by atoms with van der Waals surface area (Å²) < 4.78 is 1.79. The van der Waals surface area contributed by atoms with Gasteiger partial charge in [0.25, 0.3) is 0 Å². The largest absolute Gasteiger partial charge is 0.477 e. The van der Waals surface area contributed by atoms with Crippen LogP contribution in [0.15, 0.2) is 22.3 Å². The van der Waals surface area contributed by atoms with Crippen LogP contribution in [0.2, 0.25) is 0 Å². The average molecular weight is 336 g/mol. The van der Waals surface area contributed by atoms with E-state index in [1.807, 2.05) is 7.05 Å². The molecule has 0 unspecified atom stereocenters. The Morgan fingerprint density at radius 2 is 2.32 bits per heavy atom. The number of aromatic carboxylic acids is 1. The molecule has 0 aliphatic rings. The molecule has 9 heteroatoms. The summed E-state index contributed by atoms with van der Waals surface area (Å²) in [5, 5.41) is 18.6. The van der Waals surface area contributed by atoms with E-state index in [0.717, 1.165) is 27.4 Å². The Hall–Kier alpha value is -2.13. The molecule has 2 N–H and O–H groups in total. The first-order chi connectivity index (χ1) is 10.5. The van der Waals surface area contributed by atoms with Crippen molar-refractivity contribution in [3.63, 3.8) is 0 Å². The summed E-state index contributed by atoms with van der Waals surface area (Å²) in [5.41, 5.74) is 1.24. The van der Waals surface area contributed by atoms with Crippen molar-refractivity contribution >= 4 is 39.3 Å². The number of carboxylic acids is 1. The van der Waals surface area contributed by atoms with Gasteiger partial charge in [-0.15, -0.1) is 21.5 Å². The highest BCUT2D eigenvalue weighted by Crippen LogP contribution is 2.33. The number of nitrogens with zero attached hydrogens (tertiary/aromatic N) is 3. The third kappa shape index (κ3) is 2.53. The molecule has 0 saturated carbocycles. The van der Waals surface area contributed by atoms with E-state index in [4.69, 9.17) is 0 Å². The van der Waals surface area contributed by atoms with Crippen LogP contribution in [0.1, 0.15) is 20.8 Å². The zero-order chi connectivity index (χ0) is 15.9. The number of carbonyl (C=O) groups is 1. The van der Waals surface area contributed by atoms with E-state index < -0.39 is 5.97 Å². The normalized spacial score (nSPS) is 11.2. The molecule has 0 aliphatic heterocycles. The maximum Gasteiger partial charge on any atom is 0.346 e. The molecule has 3 heterocycles. The molecule has 0 saturated heterocycles. The summed E-state index contributed by atoms with van der Waals surface area (Å²) in [7, 11) is 1.84. The first-order valence-corrected chi connectivity index (χ1v) is 8.13. The highest BCUT2D eigenvalue weighted by molar-refractivity contribution is 7.98. The van der Waals surface area contributed by atoms with Crippen molar-refractivity contribution in [3.05, 3.63) is 38.8 Å². The summed E-state index contributed by atoms with van der Waals surface area (Å²) >= 11 is 2.54. The fourth-order valence-corrected chi connectivity index (χ4v) is 4.18. The quantitative estimate of drug-likeness (QED) is 0.707. The van der Waals surface area contributed by atoms with Crippen molar-refractivity contribution in [3.8, 4) is 0 Å². The van der Waals surface area contributed by atoms with Crippen LogP contribution in [-0.4, -0.2) is 30.8 Å². The molecule has 0 aliphatic carbocycles. The SMILES string of the molecule is Cc1c(C(=O)O)sc2[nH]c(=O)cc(CSc3nncn3C)c12. The van der Waals surface area contributed by atoms with Crippen LogP contribution in [0.5, 0.6) is 0 Å². The third-order valence-electron chi connectivity index (χ3n) is 3.23. The number of hydrogen-bond acceptors (Lipinski definition) is 6. The fraction of sp³-hybridized carbons (Fsp3) is 0.231. The minimum Gasteiger partial charge on any atom is -0.477 e. The Kier molecular flexibility index (Phi) is 3.75. The first-order valence-electron chi connectivity index (χ1n) is 6.32. The van der Waals surface area contributed by atoms with Crippen LogP contribution in [0.25, 0.3) is 10.2 Å². The Labute approximate surface area is 133 Å². The smallest absolute Gasteiger partial charge is 0.346 e. The number of rotatable bonds is 4. The molecule has 3 aromatic heterocycles. The Morgan fingerprint density at radius 3 is 2.95 bits per heavy atom. The van der Waals surface area contributed by atoms with Crippen molar-refractivity contribution in [2.24, 2.45) is 7.05 Å². The van der Waals surface area contributed by atoms with E-state index in [1.54, 1.807) is 17.8 Å². The van der Waals surface area contributed by atoms with Crippen molar-refractivity contribution < 1.29 is 9.90 Å². The number of aromatic nitrogens is 4. The predicted octanol–water partition coefficient (Wildman–Crippen LogP) is 2.02. The van der Waals surface area contributed by atoms with Gasteiger partial charge in [0.05, 0.1) is 0 Å². The molecule has 7 nitrogen and oxygen atoms in total. The van der Waals surface area contributed by atoms with Crippen LogP contribution in [0.4, 0.5) is 0 Å². The Morgan fingerprint density at radius 1 is 1.55 bits per heavy atom. The number of carboxylic acid groups (broad SMARTS) is 1. The number of hydrogen-bond donors (Lipinski definition) is 2. The second kappa shape index (κ2) is 5.58. The summed E-state index contributed by atoms with van der Waals surface area (Å²) in [4.78, 5) is 26.6. The molecule has 0 aromatic carbocycles. The Bertz CT molecular complexity index is 925.